The van der Waals surface area contributed by atoms with E-state index in [9.17, 15) is 142 Å². The van der Waals surface area contributed by atoms with Crippen LogP contribution in [0.15, 0.2) is 0 Å². The first-order valence-electron chi connectivity index (χ1n) is 41.3. The molecule has 0 saturated carbocycles. The number of amides is 16. The topological polar surface area (TPSA) is 756 Å². The van der Waals surface area contributed by atoms with Crippen molar-refractivity contribution >= 4 is 137 Å². The van der Waals surface area contributed by atoms with E-state index in [1.54, 1.807) is 41.5 Å². The van der Waals surface area contributed by atoms with Crippen LogP contribution in [0.4, 0.5) is 0 Å². The van der Waals surface area contributed by atoms with Gasteiger partial charge in [-0.15, -0.1) is 0 Å². The highest BCUT2D eigenvalue weighted by Crippen LogP contribution is 2.24. The van der Waals surface area contributed by atoms with Crippen LogP contribution < -0.4 is 91.2 Å². The van der Waals surface area contributed by atoms with Crippen LogP contribution in [0.25, 0.3) is 0 Å². The summed E-state index contributed by atoms with van der Waals surface area (Å²) < 4.78 is 0. The third-order valence-corrected chi connectivity index (χ3v) is 20.3. The highest BCUT2D eigenvalue weighted by atomic mass is 32.1. The first-order chi connectivity index (χ1) is 58.3. The van der Waals surface area contributed by atoms with Gasteiger partial charge in [0.1, 0.15) is 96.7 Å². The molecule has 0 unspecified atom stereocenters. The van der Waals surface area contributed by atoms with Gasteiger partial charge in [0.05, 0.1) is 24.9 Å². The largest absolute Gasteiger partial charge is 0.481 e. The van der Waals surface area contributed by atoms with Crippen LogP contribution >= 0.6 is 12.6 Å². The molecule has 0 radical (unpaired) electrons. The van der Waals surface area contributed by atoms with E-state index in [1.807, 2.05) is 0 Å². The summed E-state index contributed by atoms with van der Waals surface area (Å²) in [7, 11) is 0. The number of carboxylic acids is 5. The smallest absolute Gasteiger partial charge is 0.327 e. The van der Waals surface area contributed by atoms with Gasteiger partial charge in [-0.25, -0.2) is 4.79 Å². The van der Waals surface area contributed by atoms with Crippen molar-refractivity contribution in [1.29, 1.82) is 0 Å². The number of aliphatic hydroxyl groups excluding tert-OH is 3. The van der Waals surface area contributed by atoms with Gasteiger partial charge in [0.2, 0.25) is 94.5 Å². The molecule has 1 aliphatic heterocycles. The maximum absolute atomic E-state index is 14.9. The molecule has 1 saturated heterocycles. The Balaban J connectivity index is 3.58. The molecule has 0 aromatic heterocycles. The van der Waals surface area contributed by atoms with Crippen molar-refractivity contribution < 1.29 is 142 Å². The van der Waals surface area contributed by atoms with Crippen LogP contribution in [0, 0.1) is 23.7 Å². The van der Waals surface area contributed by atoms with Gasteiger partial charge in [-0.3, -0.25) is 95.9 Å². The van der Waals surface area contributed by atoms with Crippen LogP contribution in [0.5, 0.6) is 0 Å². The molecule has 0 spiro atoms. The third-order valence-electron chi connectivity index (χ3n) is 19.9. The zero-order chi connectivity index (χ0) is 95.7. The highest BCUT2D eigenvalue weighted by Gasteiger charge is 2.44. The van der Waals surface area contributed by atoms with Crippen molar-refractivity contribution in [1.82, 2.24) is 84.7 Å². The predicted octanol–water partition coefficient (Wildman–Crippen LogP) is -7.21. The summed E-state index contributed by atoms with van der Waals surface area (Å²) in [5, 5.41) is 115. The van der Waals surface area contributed by atoms with Crippen molar-refractivity contribution in [2.75, 3.05) is 25.4 Å². The third kappa shape index (κ3) is 40.3. The van der Waals surface area contributed by atoms with E-state index < -0.39 is 321 Å². The Labute approximate surface area is 728 Å². The Hall–Kier alpha value is -11.0. The van der Waals surface area contributed by atoms with E-state index in [1.165, 1.54) is 27.7 Å². The van der Waals surface area contributed by atoms with Crippen molar-refractivity contribution in [2.24, 2.45) is 35.1 Å². The van der Waals surface area contributed by atoms with Crippen molar-refractivity contribution in [3.05, 3.63) is 0 Å². The minimum absolute atomic E-state index is 0.00677. The van der Waals surface area contributed by atoms with E-state index in [0.717, 1.165) is 25.7 Å². The Bertz CT molecular complexity index is 3740. The lowest BCUT2D eigenvalue weighted by atomic mass is 9.95. The SMILES string of the molecule is CC[C@H](C)[C@H](NC(=O)[C@@H](NC(=O)[C@H](CCC(=O)O)NC(=O)[C@@H](NC(=O)[C@H](CC(C)C)NC(=O)[C@H](C)NC(=O)[C@H](CCCCN)NC(=O)[C@@H](NC(=O)CN)[C@@H](C)O)[C@@H](C)O)C(C)C)C(=O)N1CCC[C@H]1C(=O)N[C@@H](CC(C)C)C(=O)N[C@H](C(=O)N[C@@H](CCC(=O)O)C(=O)N[C@@H](CCC(=O)O)C(=O)N[C@@H](C)C(=O)N[C@@H](CCC(=O)O)C(=O)N[C@@H](CS)C(=O)O)[C@@H](C)O. The molecule has 27 N–H and O–H groups in total. The number of nitrogens with zero attached hydrogens (tertiary/aromatic N) is 1. The normalized spacial score (nSPS) is 17.1. The number of aliphatic hydroxyl groups is 3. The standard InChI is InChI=1S/C77H130N18O29S/c1-14-37(8)58(92-72(118)57(36(6)7)91-68(114)47(23-27-56(106)107)86-75(121)61(42(13)98)93-69(115)48(30-34(2)3)87-63(109)39(10)80-64(110)43(18-15-16-28-78)84-73(119)59(40(11)96)90-52(99)32-79)76(122)95-29-17-19-51(95)71(117)88-49(31-35(4)5)70(116)94-60(41(12)97)74(120)85-46(22-26-55(104)105)66(112)83-44(20-24-53(100)101)65(111)81-38(9)62(108)82-45(21-25-54(102)103)67(113)89-50(33-125)77(123)124/h34-51,57-61,96-98,125H,14-33,78-79H2,1-13H3,(H,80,110)(H,81,111)(H,82,108)(H,83,112)(H,84,119)(H,85,120)(H,86,121)(H,87,109)(H,88,117)(H,89,113)(H,90,99)(H,91,114)(H,92,118)(H,93,115)(H,94,116)(H,100,101)(H,102,103)(H,104,105)(H,106,107)(H,123,124)/t37-,38-,39-,40+,41+,42+,43-,44-,45-,46-,47-,48-,49-,50-,51-,57-,58-,59-,60-,61-/m0/s1. The number of carbonyl (C=O) groups excluding carboxylic acids is 16. The maximum Gasteiger partial charge on any atom is 0.327 e. The molecule has 1 heterocycles. The molecule has 0 bridgehead atoms. The number of nitrogens with two attached hydrogens (primary N) is 2. The van der Waals surface area contributed by atoms with Gasteiger partial charge < -0.3 is 137 Å². The number of carboxylic acid groups (broad SMARTS) is 5. The Morgan fingerprint density at radius 3 is 1.02 bits per heavy atom. The van der Waals surface area contributed by atoms with Crippen molar-refractivity contribution in [3.8, 4) is 0 Å². The van der Waals surface area contributed by atoms with E-state index in [0.29, 0.717) is 12.8 Å². The summed E-state index contributed by atoms with van der Waals surface area (Å²) in [6.45, 7) is 18.2. The van der Waals surface area contributed by atoms with Gasteiger partial charge in [-0.05, 0) is 135 Å². The summed E-state index contributed by atoms with van der Waals surface area (Å²) in [5.74, 6) is -27.2. The minimum atomic E-state index is -2.02. The summed E-state index contributed by atoms with van der Waals surface area (Å²) >= 11 is 3.85. The molecule has 47 nitrogen and oxygen atoms in total. The summed E-state index contributed by atoms with van der Waals surface area (Å²) in [6.07, 6.45) is -10.1. The number of unbranched alkanes of at least 4 members (excludes halogenated alkanes) is 1. The van der Waals surface area contributed by atoms with E-state index in [2.05, 4.69) is 92.4 Å². The second-order valence-electron chi connectivity index (χ2n) is 32.0. The van der Waals surface area contributed by atoms with Crippen LogP contribution in [0.2, 0.25) is 0 Å². The molecule has 708 valence electrons. The number of hydrogen-bond acceptors (Lipinski definition) is 27. The van der Waals surface area contributed by atoms with E-state index in [4.69, 9.17) is 11.5 Å². The maximum atomic E-state index is 14.9. The quantitative estimate of drug-likeness (QED) is 0.0199. The van der Waals surface area contributed by atoms with Gasteiger partial charge in [-0.2, -0.15) is 12.6 Å². The molecule has 125 heavy (non-hydrogen) atoms. The van der Waals surface area contributed by atoms with E-state index >= 15 is 0 Å². The summed E-state index contributed by atoms with van der Waals surface area (Å²) in [5.41, 5.74) is 11.0. The average Bonchev–Trinajstić information content (AvgIpc) is 1.73. The van der Waals surface area contributed by atoms with Crippen molar-refractivity contribution in [2.45, 2.75) is 308 Å². The monoisotopic (exact) mass is 1800 g/mol. The summed E-state index contributed by atoms with van der Waals surface area (Å²) in [4.78, 5) is 282. The van der Waals surface area contributed by atoms with Gasteiger partial charge in [0, 0.05) is 38.0 Å². The first kappa shape index (κ1) is 112. The molecule has 48 heteroatoms. The van der Waals surface area contributed by atoms with Crippen LogP contribution in [-0.4, -0.2) is 310 Å². The Morgan fingerprint density at radius 2 is 0.680 bits per heavy atom. The van der Waals surface area contributed by atoms with E-state index in [-0.39, 0.29) is 57.5 Å². The highest BCUT2D eigenvalue weighted by molar-refractivity contribution is 7.80. The molecule has 0 aromatic carbocycles. The zero-order valence-corrected chi connectivity index (χ0v) is 73.5. The molecule has 1 rings (SSSR count). The van der Waals surface area contributed by atoms with Gasteiger partial charge in [-0.1, -0.05) is 61.8 Å². The number of thiol groups is 1. The molecule has 0 aromatic rings. The number of hydrogen-bond donors (Lipinski definition) is 26. The fraction of sp³-hybridized carbons (Fsp3) is 0.727. The lowest BCUT2D eigenvalue weighted by molar-refractivity contribution is -0.144. The number of aliphatic carboxylic acids is 5. The Kier molecular flexibility index (Phi) is 50.3. The molecular weight excluding hydrogens is 1670 g/mol. The molecule has 1 fully saturated rings. The second-order valence-corrected chi connectivity index (χ2v) is 32.3. The second kappa shape index (κ2) is 56.1. The fourth-order valence-electron chi connectivity index (χ4n) is 12.6. The van der Waals surface area contributed by atoms with Gasteiger partial charge in [0.15, 0.2) is 0 Å². The fourth-order valence-corrected chi connectivity index (χ4v) is 12.8. The molecule has 20 atom stereocenters. The lowest BCUT2D eigenvalue weighted by Crippen LogP contribution is -2.63. The molecule has 0 aliphatic carbocycles. The van der Waals surface area contributed by atoms with Crippen LogP contribution in [0.1, 0.15) is 193 Å². The zero-order valence-electron chi connectivity index (χ0n) is 72.6. The number of carbonyl (C=O) groups is 21. The number of nitrogens with one attached hydrogen (secondary N) is 15. The first-order valence-corrected chi connectivity index (χ1v) is 41.9. The van der Waals surface area contributed by atoms with Crippen LogP contribution in [0.3, 0.4) is 0 Å². The predicted molar refractivity (Wildman–Crippen MR) is 444 cm³/mol. The molecule has 1 aliphatic rings. The minimum Gasteiger partial charge on any atom is -0.481 e. The number of likely N-dealkylation sites (tertiary alicyclic amines) is 1. The van der Waals surface area contributed by atoms with Crippen molar-refractivity contribution in [3.63, 3.8) is 0 Å². The van der Waals surface area contributed by atoms with Gasteiger partial charge in [0.25, 0.3) is 0 Å². The summed E-state index contributed by atoms with van der Waals surface area (Å²) in [6, 6.07) is -26.2. The average molecular weight is 1800 g/mol. The molecule has 16 amide bonds. The lowest BCUT2D eigenvalue weighted by Gasteiger charge is -2.34. The molecular formula is C77H130N18O29S. The Morgan fingerprint density at radius 1 is 0.368 bits per heavy atom. The number of rotatable bonds is 59. The van der Waals surface area contributed by atoms with Crippen LogP contribution in [-0.2, 0) is 101 Å². The van der Waals surface area contributed by atoms with Gasteiger partial charge >= 0.3 is 29.8 Å².